The summed E-state index contributed by atoms with van der Waals surface area (Å²) in [4.78, 5) is 15.7. The minimum absolute atomic E-state index is 0.200. The molecule has 0 amide bonds. The lowest BCUT2D eigenvalue weighted by Gasteiger charge is -2.06. The molecule has 0 bridgehead atoms. The number of esters is 1. The first kappa shape index (κ1) is 13.7. The molecule has 0 aromatic carbocycles. The van der Waals surface area contributed by atoms with Gasteiger partial charge >= 0.3 is 5.97 Å². The Kier molecular flexibility index (Phi) is 5.15. The summed E-state index contributed by atoms with van der Waals surface area (Å²) in [5.74, 6) is 0.595. The molecule has 1 aromatic heterocycles. The molecule has 0 spiro atoms. The van der Waals surface area contributed by atoms with Gasteiger partial charge in [0, 0.05) is 20.1 Å². The van der Waals surface area contributed by atoms with Gasteiger partial charge in [-0.15, -0.1) is 0 Å². The van der Waals surface area contributed by atoms with Crippen molar-refractivity contribution in [2.24, 2.45) is 5.92 Å². The van der Waals surface area contributed by atoms with Crippen molar-refractivity contribution >= 4 is 5.97 Å². The fourth-order valence-corrected chi connectivity index (χ4v) is 1.57. The van der Waals surface area contributed by atoms with Gasteiger partial charge in [-0.1, -0.05) is 6.92 Å². The molecular formula is C12H19NO4. The van der Waals surface area contributed by atoms with E-state index in [1.54, 1.807) is 21.0 Å². The molecule has 5 nitrogen and oxygen atoms in total. The monoisotopic (exact) mass is 241 g/mol. The van der Waals surface area contributed by atoms with Gasteiger partial charge in [0.25, 0.3) is 0 Å². The average Bonchev–Trinajstić information content (AvgIpc) is 2.60. The standard InChI is InChI=1S/C12H19NO4/c1-5-16-12(14)11-9(3)13-10(17-11)6-8(2)7-15-4/h8H,5-7H2,1-4H3. The van der Waals surface area contributed by atoms with Crippen molar-refractivity contribution < 1.29 is 18.7 Å². The summed E-state index contributed by atoms with van der Waals surface area (Å²) in [5, 5.41) is 0. The van der Waals surface area contributed by atoms with Gasteiger partial charge in [0.05, 0.1) is 12.3 Å². The SMILES string of the molecule is CCOC(=O)c1oc(CC(C)COC)nc1C. The molecule has 1 unspecified atom stereocenters. The van der Waals surface area contributed by atoms with Crippen molar-refractivity contribution in [3.8, 4) is 0 Å². The topological polar surface area (TPSA) is 61.6 Å². The van der Waals surface area contributed by atoms with Crippen LogP contribution in [0.4, 0.5) is 0 Å². The maximum absolute atomic E-state index is 11.5. The highest BCUT2D eigenvalue weighted by Crippen LogP contribution is 2.15. The molecule has 1 heterocycles. The first-order chi connectivity index (χ1) is 8.08. The summed E-state index contributed by atoms with van der Waals surface area (Å²) in [6.07, 6.45) is 0.647. The minimum atomic E-state index is -0.455. The summed E-state index contributed by atoms with van der Waals surface area (Å²) in [6, 6.07) is 0. The Morgan fingerprint density at radius 1 is 1.53 bits per heavy atom. The molecular weight excluding hydrogens is 222 g/mol. The van der Waals surface area contributed by atoms with Crippen molar-refractivity contribution in [3.05, 3.63) is 17.3 Å². The van der Waals surface area contributed by atoms with E-state index in [1.165, 1.54) is 0 Å². The van der Waals surface area contributed by atoms with Crippen LogP contribution in [0.5, 0.6) is 0 Å². The zero-order valence-electron chi connectivity index (χ0n) is 10.8. The number of rotatable bonds is 6. The Labute approximate surface area is 101 Å². The number of aromatic nitrogens is 1. The highest BCUT2D eigenvalue weighted by Gasteiger charge is 2.19. The van der Waals surface area contributed by atoms with Gasteiger partial charge in [-0.25, -0.2) is 9.78 Å². The normalized spacial score (nSPS) is 12.5. The van der Waals surface area contributed by atoms with E-state index < -0.39 is 5.97 Å². The second kappa shape index (κ2) is 6.39. The van der Waals surface area contributed by atoms with E-state index in [1.807, 2.05) is 6.92 Å². The molecule has 0 aliphatic rings. The smallest absolute Gasteiger partial charge is 0.376 e. The third kappa shape index (κ3) is 3.85. The third-order valence-corrected chi connectivity index (χ3v) is 2.28. The van der Waals surface area contributed by atoms with Crippen LogP contribution >= 0.6 is 0 Å². The van der Waals surface area contributed by atoms with Crippen LogP contribution in [-0.4, -0.2) is 31.3 Å². The molecule has 5 heteroatoms. The predicted octanol–water partition coefficient (Wildman–Crippen LogP) is 1.98. The van der Waals surface area contributed by atoms with E-state index in [9.17, 15) is 4.79 Å². The number of aryl methyl sites for hydroxylation is 1. The van der Waals surface area contributed by atoms with Crippen molar-refractivity contribution in [3.63, 3.8) is 0 Å². The number of nitrogens with zero attached hydrogens (tertiary/aromatic N) is 1. The molecule has 1 atom stereocenters. The van der Waals surface area contributed by atoms with E-state index in [0.29, 0.717) is 37.1 Å². The fourth-order valence-electron chi connectivity index (χ4n) is 1.57. The number of ether oxygens (including phenoxy) is 2. The van der Waals surface area contributed by atoms with Crippen LogP contribution in [-0.2, 0) is 15.9 Å². The fraction of sp³-hybridized carbons (Fsp3) is 0.667. The van der Waals surface area contributed by atoms with Crippen molar-refractivity contribution in [2.75, 3.05) is 20.3 Å². The highest BCUT2D eigenvalue weighted by atomic mass is 16.5. The molecule has 1 aromatic rings. The van der Waals surface area contributed by atoms with E-state index in [-0.39, 0.29) is 5.76 Å². The molecule has 0 N–H and O–H groups in total. The number of methoxy groups -OCH3 is 1. The van der Waals surface area contributed by atoms with E-state index in [2.05, 4.69) is 4.98 Å². The van der Waals surface area contributed by atoms with Gasteiger partial charge in [-0.05, 0) is 19.8 Å². The summed E-state index contributed by atoms with van der Waals surface area (Å²) in [6.45, 7) is 6.49. The van der Waals surface area contributed by atoms with Gasteiger partial charge in [0.15, 0.2) is 5.89 Å². The lowest BCUT2D eigenvalue weighted by atomic mass is 10.1. The maximum atomic E-state index is 11.5. The zero-order chi connectivity index (χ0) is 12.8. The van der Waals surface area contributed by atoms with Crippen molar-refractivity contribution in [1.29, 1.82) is 0 Å². The van der Waals surface area contributed by atoms with E-state index in [0.717, 1.165) is 0 Å². The second-order valence-electron chi connectivity index (χ2n) is 4.01. The van der Waals surface area contributed by atoms with Crippen LogP contribution in [0.3, 0.4) is 0 Å². The highest BCUT2D eigenvalue weighted by molar-refractivity contribution is 5.87. The molecule has 1 rings (SSSR count). The first-order valence-corrected chi connectivity index (χ1v) is 5.70. The van der Waals surface area contributed by atoms with Crippen LogP contribution in [0.2, 0.25) is 0 Å². The average molecular weight is 241 g/mol. The summed E-state index contributed by atoms with van der Waals surface area (Å²) in [5.41, 5.74) is 0.572. The molecule has 0 saturated heterocycles. The summed E-state index contributed by atoms with van der Waals surface area (Å²) in [7, 11) is 1.65. The number of oxazole rings is 1. The molecule has 96 valence electrons. The van der Waals surface area contributed by atoms with E-state index in [4.69, 9.17) is 13.9 Å². The van der Waals surface area contributed by atoms with Crippen LogP contribution < -0.4 is 0 Å². The lowest BCUT2D eigenvalue weighted by Crippen LogP contribution is -2.07. The van der Waals surface area contributed by atoms with Crippen LogP contribution in [0.1, 0.15) is 36.0 Å². The molecule has 17 heavy (non-hydrogen) atoms. The number of hydrogen-bond acceptors (Lipinski definition) is 5. The molecule has 0 radical (unpaired) electrons. The minimum Gasteiger partial charge on any atom is -0.460 e. The molecule has 0 fully saturated rings. The van der Waals surface area contributed by atoms with Crippen LogP contribution in [0.15, 0.2) is 4.42 Å². The van der Waals surface area contributed by atoms with Crippen molar-refractivity contribution in [2.45, 2.75) is 27.2 Å². The summed E-state index contributed by atoms with van der Waals surface area (Å²) >= 11 is 0. The number of carbonyl (C=O) groups excluding carboxylic acids is 1. The quantitative estimate of drug-likeness (QED) is 0.713. The second-order valence-corrected chi connectivity index (χ2v) is 4.01. The maximum Gasteiger partial charge on any atom is 0.376 e. The largest absolute Gasteiger partial charge is 0.460 e. The predicted molar refractivity (Wildman–Crippen MR) is 61.9 cm³/mol. The Morgan fingerprint density at radius 3 is 2.82 bits per heavy atom. The van der Waals surface area contributed by atoms with E-state index >= 15 is 0 Å². The Hall–Kier alpha value is -1.36. The Balaban J connectivity index is 2.70. The van der Waals surface area contributed by atoms with Crippen LogP contribution in [0, 0.1) is 12.8 Å². The summed E-state index contributed by atoms with van der Waals surface area (Å²) < 4.78 is 15.3. The Bertz CT molecular complexity index is 373. The Morgan fingerprint density at radius 2 is 2.24 bits per heavy atom. The number of carbonyl (C=O) groups is 1. The first-order valence-electron chi connectivity index (χ1n) is 5.70. The lowest BCUT2D eigenvalue weighted by molar-refractivity contribution is 0.0486. The van der Waals surface area contributed by atoms with Gasteiger partial charge in [-0.2, -0.15) is 0 Å². The van der Waals surface area contributed by atoms with Gasteiger partial charge in [-0.3, -0.25) is 0 Å². The van der Waals surface area contributed by atoms with Gasteiger partial charge in [0.2, 0.25) is 5.76 Å². The van der Waals surface area contributed by atoms with Gasteiger partial charge < -0.3 is 13.9 Å². The molecule has 0 aliphatic carbocycles. The zero-order valence-corrected chi connectivity index (χ0v) is 10.8. The molecule has 0 aliphatic heterocycles. The number of hydrogen-bond donors (Lipinski definition) is 0. The van der Waals surface area contributed by atoms with Crippen LogP contribution in [0.25, 0.3) is 0 Å². The van der Waals surface area contributed by atoms with Gasteiger partial charge in [0.1, 0.15) is 0 Å². The molecule has 0 saturated carbocycles. The van der Waals surface area contributed by atoms with Crippen molar-refractivity contribution in [1.82, 2.24) is 4.98 Å². The third-order valence-electron chi connectivity index (χ3n) is 2.28.